The number of sulfonamides is 1. The minimum Gasteiger partial charge on any atom is -0.477 e. The van der Waals surface area contributed by atoms with Crippen molar-refractivity contribution in [2.75, 3.05) is 19.8 Å². The number of thiophene rings is 1. The molecule has 2 rings (SSSR count). The molecule has 0 bridgehead atoms. The second-order valence-electron chi connectivity index (χ2n) is 4.92. The molecule has 1 aliphatic heterocycles. The Morgan fingerprint density at radius 3 is 2.67 bits per heavy atom. The summed E-state index contributed by atoms with van der Waals surface area (Å²) >= 11 is 0.877. The predicted molar refractivity (Wildman–Crippen MR) is 75.1 cm³/mol. The number of carbonyl (C=O) groups is 1. The predicted octanol–water partition coefficient (Wildman–Crippen LogP) is 1.55. The van der Waals surface area contributed by atoms with Crippen LogP contribution in [-0.2, 0) is 14.8 Å². The molecule has 1 aromatic rings. The maximum absolute atomic E-state index is 14.4. The van der Waals surface area contributed by atoms with E-state index in [9.17, 15) is 17.6 Å². The summed E-state index contributed by atoms with van der Waals surface area (Å²) in [4.78, 5) is 11.1. The number of carboxylic acids is 1. The summed E-state index contributed by atoms with van der Waals surface area (Å²) in [5.74, 6) is -1.18. The van der Waals surface area contributed by atoms with Crippen LogP contribution in [0.1, 0.15) is 27.4 Å². The molecule has 2 N–H and O–H groups in total. The molecule has 1 aliphatic rings. The van der Waals surface area contributed by atoms with E-state index in [1.54, 1.807) is 0 Å². The van der Waals surface area contributed by atoms with Gasteiger partial charge in [-0.15, -0.1) is 11.3 Å². The van der Waals surface area contributed by atoms with Crippen LogP contribution in [0.4, 0.5) is 4.39 Å². The Hall–Kier alpha value is -1.03. The molecule has 0 unspecified atom stereocenters. The Morgan fingerprint density at radius 2 is 2.14 bits per heavy atom. The third-order valence-corrected chi connectivity index (χ3v) is 6.04. The SMILES string of the molecule is Cc1sc(C(=O)O)cc1S(=O)(=O)NCC1(F)CCOCC1. The Morgan fingerprint density at radius 1 is 1.52 bits per heavy atom. The van der Waals surface area contributed by atoms with E-state index in [0.717, 1.165) is 17.4 Å². The van der Waals surface area contributed by atoms with Crippen molar-refractivity contribution in [2.24, 2.45) is 0 Å². The van der Waals surface area contributed by atoms with Gasteiger partial charge in [0.15, 0.2) is 0 Å². The average Bonchev–Trinajstić information content (AvgIpc) is 2.81. The molecule has 1 aromatic heterocycles. The van der Waals surface area contributed by atoms with E-state index >= 15 is 0 Å². The van der Waals surface area contributed by atoms with Gasteiger partial charge < -0.3 is 9.84 Å². The van der Waals surface area contributed by atoms with Crippen LogP contribution in [0.15, 0.2) is 11.0 Å². The highest BCUT2D eigenvalue weighted by Gasteiger charge is 2.34. The van der Waals surface area contributed by atoms with Crippen LogP contribution in [0.2, 0.25) is 0 Å². The highest BCUT2D eigenvalue weighted by Crippen LogP contribution is 2.28. The zero-order chi connectivity index (χ0) is 15.7. The molecule has 6 nitrogen and oxygen atoms in total. The van der Waals surface area contributed by atoms with Gasteiger partial charge >= 0.3 is 5.97 Å². The van der Waals surface area contributed by atoms with E-state index in [4.69, 9.17) is 9.84 Å². The number of aromatic carboxylic acids is 1. The van der Waals surface area contributed by atoms with Gasteiger partial charge in [0.1, 0.15) is 10.5 Å². The molecule has 0 aromatic carbocycles. The van der Waals surface area contributed by atoms with Crippen molar-refractivity contribution in [1.82, 2.24) is 4.72 Å². The first kappa shape index (κ1) is 16.3. The van der Waals surface area contributed by atoms with Crippen molar-refractivity contribution in [3.05, 3.63) is 15.8 Å². The number of nitrogens with one attached hydrogen (secondary N) is 1. The average molecular weight is 337 g/mol. The third kappa shape index (κ3) is 3.79. The lowest BCUT2D eigenvalue weighted by Crippen LogP contribution is -2.43. The lowest BCUT2D eigenvalue weighted by atomic mass is 9.97. The van der Waals surface area contributed by atoms with E-state index < -0.39 is 21.7 Å². The molecule has 9 heteroatoms. The number of halogens is 1. The molecule has 1 saturated heterocycles. The largest absolute Gasteiger partial charge is 0.477 e. The number of ether oxygens (including phenoxy) is 1. The lowest BCUT2D eigenvalue weighted by Gasteiger charge is -2.29. The maximum atomic E-state index is 14.4. The number of alkyl halides is 1. The quantitative estimate of drug-likeness (QED) is 0.850. The van der Waals surface area contributed by atoms with Gasteiger partial charge in [-0.2, -0.15) is 0 Å². The van der Waals surface area contributed by atoms with Crippen LogP contribution in [0, 0.1) is 6.92 Å². The van der Waals surface area contributed by atoms with E-state index in [0.29, 0.717) is 4.88 Å². The molecule has 0 radical (unpaired) electrons. The van der Waals surface area contributed by atoms with Crippen LogP contribution in [0.3, 0.4) is 0 Å². The van der Waals surface area contributed by atoms with Crippen molar-refractivity contribution in [1.29, 1.82) is 0 Å². The number of carboxylic acid groups (broad SMARTS) is 1. The number of rotatable bonds is 5. The maximum Gasteiger partial charge on any atom is 0.345 e. The fourth-order valence-electron chi connectivity index (χ4n) is 2.05. The zero-order valence-electron chi connectivity index (χ0n) is 11.4. The van der Waals surface area contributed by atoms with Crippen molar-refractivity contribution in [2.45, 2.75) is 30.3 Å². The molecule has 0 atom stereocenters. The first-order chi connectivity index (χ1) is 9.73. The van der Waals surface area contributed by atoms with E-state index in [1.807, 2.05) is 0 Å². The molecule has 118 valence electrons. The second-order valence-corrected chi connectivity index (χ2v) is 7.92. The molecular formula is C12H16FNO5S2. The molecule has 0 amide bonds. The van der Waals surface area contributed by atoms with Gasteiger partial charge in [-0.25, -0.2) is 22.3 Å². The van der Waals surface area contributed by atoms with Crippen LogP contribution < -0.4 is 4.72 Å². The van der Waals surface area contributed by atoms with Crippen molar-refractivity contribution >= 4 is 27.3 Å². The fourth-order valence-corrected chi connectivity index (χ4v) is 4.59. The van der Waals surface area contributed by atoms with Crippen LogP contribution >= 0.6 is 11.3 Å². The van der Waals surface area contributed by atoms with Gasteiger partial charge in [-0.05, 0) is 13.0 Å². The van der Waals surface area contributed by atoms with Gasteiger partial charge in [0.25, 0.3) is 0 Å². The molecule has 0 spiro atoms. The summed E-state index contributed by atoms with van der Waals surface area (Å²) in [6.45, 7) is 1.71. The highest BCUT2D eigenvalue weighted by atomic mass is 32.2. The Balaban J connectivity index is 2.13. The summed E-state index contributed by atoms with van der Waals surface area (Å²) < 4.78 is 46.0. The minimum absolute atomic E-state index is 0.0612. The molecule has 0 saturated carbocycles. The number of aryl methyl sites for hydroxylation is 1. The smallest absolute Gasteiger partial charge is 0.345 e. The Kier molecular flexibility index (Phi) is 4.66. The Labute approximate surface area is 126 Å². The van der Waals surface area contributed by atoms with Gasteiger partial charge in [0, 0.05) is 37.5 Å². The van der Waals surface area contributed by atoms with Crippen molar-refractivity contribution < 1.29 is 27.4 Å². The molecule has 2 heterocycles. The summed E-state index contributed by atoms with van der Waals surface area (Å²) in [5.41, 5.74) is -1.62. The summed E-state index contributed by atoms with van der Waals surface area (Å²) in [7, 11) is -3.92. The molecule has 0 aliphatic carbocycles. The van der Waals surface area contributed by atoms with Crippen LogP contribution in [0.5, 0.6) is 0 Å². The number of hydrogen-bond acceptors (Lipinski definition) is 5. The first-order valence-electron chi connectivity index (χ1n) is 6.34. The molecule has 21 heavy (non-hydrogen) atoms. The summed E-state index contributed by atoms with van der Waals surface area (Å²) in [6.07, 6.45) is 0.275. The van der Waals surface area contributed by atoms with E-state index in [1.165, 1.54) is 6.92 Å². The Bertz CT molecular complexity index is 634. The highest BCUT2D eigenvalue weighted by molar-refractivity contribution is 7.89. The fraction of sp³-hybridized carbons (Fsp3) is 0.583. The molecular weight excluding hydrogens is 321 g/mol. The third-order valence-electron chi connectivity index (χ3n) is 3.34. The van der Waals surface area contributed by atoms with Crippen molar-refractivity contribution in [3.8, 4) is 0 Å². The zero-order valence-corrected chi connectivity index (χ0v) is 13.0. The van der Waals surface area contributed by atoms with E-state index in [2.05, 4.69) is 4.72 Å². The minimum atomic E-state index is -3.92. The van der Waals surface area contributed by atoms with E-state index in [-0.39, 0.29) is 42.4 Å². The van der Waals surface area contributed by atoms with Crippen molar-refractivity contribution in [3.63, 3.8) is 0 Å². The first-order valence-corrected chi connectivity index (χ1v) is 8.64. The topological polar surface area (TPSA) is 92.7 Å². The van der Waals surface area contributed by atoms with Crippen LogP contribution in [-0.4, -0.2) is 44.9 Å². The number of hydrogen-bond donors (Lipinski definition) is 2. The normalized spacial score (nSPS) is 18.6. The molecule has 1 fully saturated rings. The lowest BCUT2D eigenvalue weighted by molar-refractivity contribution is -0.00522. The second kappa shape index (κ2) is 5.99. The van der Waals surface area contributed by atoms with Gasteiger partial charge in [-0.3, -0.25) is 0 Å². The summed E-state index contributed by atoms with van der Waals surface area (Å²) in [6, 6.07) is 1.10. The van der Waals surface area contributed by atoms with Gasteiger partial charge in [0.2, 0.25) is 10.0 Å². The van der Waals surface area contributed by atoms with Gasteiger partial charge in [0.05, 0.1) is 4.90 Å². The van der Waals surface area contributed by atoms with Crippen LogP contribution in [0.25, 0.3) is 0 Å². The van der Waals surface area contributed by atoms with Gasteiger partial charge in [-0.1, -0.05) is 0 Å². The summed E-state index contributed by atoms with van der Waals surface area (Å²) in [5, 5.41) is 8.88. The standard InChI is InChI=1S/C12H16FNO5S2/c1-8-10(6-9(20-8)11(15)16)21(17,18)14-7-12(13)2-4-19-5-3-12/h6,14H,2-5,7H2,1H3,(H,15,16). The monoisotopic (exact) mass is 337 g/mol.